The van der Waals surface area contributed by atoms with E-state index < -0.39 is 36.0 Å². The van der Waals surface area contributed by atoms with Gasteiger partial charge in [0.15, 0.2) is 0 Å². The number of hydrogen-bond donors (Lipinski definition) is 0. The van der Waals surface area contributed by atoms with Gasteiger partial charge in [0.25, 0.3) is 0 Å². The summed E-state index contributed by atoms with van der Waals surface area (Å²) in [6.45, 7) is 19.0. The third-order valence-electron chi connectivity index (χ3n) is 12.3. The molecule has 0 nitrogen and oxygen atoms in total. The maximum atomic E-state index is 4.93. The van der Waals surface area contributed by atoms with Crippen LogP contribution >= 0.6 is 17.0 Å². The second-order valence-corrected chi connectivity index (χ2v) is 35.6. The van der Waals surface area contributed by atoms with E-state index >= 15 is 0 Å². The van der Waals surface area contributed by atoms with Gasteiger partial charge in [-0.2, -0.15) is 0 Å². The molecule has 0 bridgehead atoms. The van der Waals surface area contributed by atoms with Gasteiger partial charge in [0.05, 0.1) is 0 Å². The van der Waals surface area contributed by atoms with Gasteiger partial charge in [-0.1, -0.05) is 116 Å². The van der Waals surface area contributed by atoms with Crippen LogP contribution in [-0.2, 0) is 20.8 Å². The van der Waals surface area contributed by atoms with E-state index in [0.29, 0.717) is 5.41 Å². The van der Waals surface area contributed by atoms with Crippen molar-refractivity contribution < 1.29 is 20.8 Å². The Morgan fingerprint density at radius 1 is 0.769 bits per heavy atom. The van der Waals surface area contributed by atoms with Gasteiger partial charge in [-0.3, -0.25) is 0 Å². The molecule has 39 heavy (non-hydrogen) atoms. The maximum absolute atomic E-state index is 4.93. The zero-order valence-electron chi connectivity index (χ0n) is 26.8. The van der Waals surface area contributed by atoms with Crippen molar-refractivity contribution in [2.45, 2.75) is 128 Å². The van der Waals surface area contributed by atoms with Gasteiger partial charge in [-0.15, -0.1) is 0 Å². The van der Waals surface area contributed by atoms with Gasteiger partial charge >= 0.3 is 37.9 Å². The van der Waals surface area contributed by atoms with Gasteiger partial charge < -0.3 is 14.9 Å². The van der Waals surface area contributed by atoms with E-state index in [-0.39, 0.29) is 14.9 Å². The van der Waals surface area contributed by atoms with Crippen LogP contribution in [-0.4, -0.2) is 15.2 Å². The SMILES string of the molecule is CC(C)(C)CC1CCC([Si](C)(C)[Si](C)(C)C2CCC3C2CC2CCCC2C3c2ccccc2)C1.[CH3-].[CH3-].[Cl][Zr+2][Cl]. The summed E-state index contributed by atoms with van der Waals surface area (Å²) < 4.78 is 0. The predicted molar refractivity (Wildman–Crippen MR) is 179 cm³/mol. The molecule has 8 unspecified atom stereocenters. The molecule has 5 heteroatoms. The molecule has 0 radical (unpaired) electrons. The fraction of sp³-hybridized carbons (Fsp3) is 0.765. The van der Waals surface area contributed by atoms with Crippen LogP contribution in [0.15, 0.2) is 30.3 Å². The minimum atomic E-state index is -1.29. The molecule has 4 fully saturated rings. The summed E-state index contributed by atoms with van der Waals surface area (Å²) >= 11 is -0.826. The zero-order chi connectivity index (χ0) is 27.0. The molecular formula is C34H60Cl2Si2Zr. The van der Waals surface area contributed by atoms with Gasteiger partial charge in [-0.25, -0.2) is 0 Å². The average Bonchev–Trinajstić information content (AvgIpc) is 3.57. The summed E-state index contributed by atoms with van der Waals surface area (Å²) in [4.78, 5) is 0. The third kappa shape index (κ3) is 7.80. The summed E-state index contributed by atoms with van der Waals surface area (Å²) in [5.74, 6) is 5.93. The predicted octanol–water partition coefficient (Wildman–Crippen LogP) is 12.4. The van der Waals surface area contributed by atoms with Crippen molar-refractivity contribution in [1.29, 1.82) is 0 Å². The molecule has 1 aromatic rings. The van der Waals surface area contributed by atoms with E-state index in [0.717, 1.165) is 46.6 Å². The quantitative estimate of drug-likeness (QED) is 0.214. The molecular weight excluding hydrogens is 627 g/mol. The first-order valence-corrected chi connectivity index (χ1v) is 28.9. The van der Waals surface area contributed by atoms with Crippen LogP contribution in [0.2, 0.25) is 37.3 Å². The number of fused-ring (bicyclic) bond motifs is 2. The van der Waals surface area contributed by atoms with Crippen LogP contribution in [0.25, 0.3) is 0 Å². The van der Waals surface area contributed by atoms with Gasteiger partial charge in [-0.05, 0) is 83.3 Å². The normalized spacial score (nSPS) is 34.0. The summed E-state index contributed by atoms with van der Waals surface area (Å²) in [6.07, 6.45) is 15.4. The summed E-state index contributed by atoms with van der Waals surface area (Å²) in [7, 11) is 7.32. The number of benzene rings is 1. The molecule has 0 N–H and O–H groups in total. The fourth-order valence-corrected chi connectivity index (χ4v) is 24.3. The monoisotopic (exact) mass is 684 g/mol. The minimum absolute atomic E-state index is 0. The molecule has 5 rings (SSSR count). The van der Waals surface area contributed by atoms with E-state index in [1.807, 2.05) is 0 Å². The van der Waals surface area contributed by atoms with Crippen molar-refractivity contribution in [3.05, 3.63) is 50.7 Å². The van der Waals surface area contributed by atoms with Crippen LogP contribution in [0.3, 0.4) is 0 Å². The van der Waals surface area contributed by atoms with E-state index in [1.165, 1.54) is 38.5 Å². The van der Waals surface area contributed by atoms with Gasteiger partial charge in [0, 0.05) is 15.2 Å². The summed E-state index contributed by atoms with van der Waals surface area (Å²) in [6, 6.07) is 11.8. The average molecular weight is 687 g/mol. The first-order chi connectivity index (χ1) is 17.4. The van der Waals surface area contributed by atoms with E-state index in [9.17, 15) is 0 Å². The molecule has 1 aromatic carbocycles. The van der Waals surface area contributed by atoms with E-state index in [1.54, 1.807) is 31.2 Å². The van der Waals surface area contributed by atoms with Crippen molar-refractivity contribution in [3.63, 3.8) is 0 Å². The molecule has 8 atom stereocenters. The molecule has 4 aliphatic carbocycles. The van der Waals surface area contributed by atoms with Crippen LogP contribution in [0.5, 0.6) is 0 Å². The first kappa shape index (κ1) is 36.3. The topological polar surface area (TPSA) is 0 Å². The van der Waals surface area contributed by atoms with E-state index in [2.05, 4.69) is 77.3 Å². The Morgan fingerprint density at radius 3 is 2.03 bits per heavy atom. The van der Waals surface area contributed by atoms with Crippen LogP contribution in [0, 0.1) is 49.9 Å². The van der Waals surface area contributed by atoms with Gasteiger partial charge in [0.2, 0.25) is 0 Å². The van der Waals surface area contributed by atoms with Crippen molar-refractivity contribution in [1.82, 2.24) is 0 Å². The Kier molecular flexibility index (Phi) is 13.7. The molecule has 0 aliphatic heterocycles. The van der Waals surface area contributed by atoms with Crippen molar-refractivity contribution in [2.24, 2.45) is 35.0 Å². The molecule has 4 saturated carbocycles. The molecule has 0 heterocycles. The molecule has 0 spiro atoms. The third-order valence-corrected chi connectivity index (χ3v) is 33.1. The van der Waals surface area contributed by atoms with Gasteiger partial charge in [0.1, 0.15) is 0 Å². The van der Waals surface area contributed by atoms with Crippen molar-refractivity contribution in [3.8, 4) is 0 Å². The Morgan fingerprint density at radius 2 is 1.41 bits per heavy atom. The van der Waals surface area contributed by atoms with Crippen molar-refractivity contribution in [2.75, 3.05) is 0 Å². The summed E-state index contributed by atoms with van der Waals surface area (Å²) in [5.41, 5.74) is 4.41. The summed E-state index contributed by atoms with van der Waals surface area (Å²) in [5, 5.41) is 0. The molecule has 0 saturated heterocycles. The first-order valence-electron chi connectivity index (χ1n) is 15.4. The molecule has 4 aliphatic rings. The van der Waals surface area contributed by atoms with Crippen LogP contribution in [0.1, 0.15) is 96.5 Å². The van der Waals surface area contributed by atoms with Crippen LogP contribution < -0.4 is 0 Å². The fourth-order valence-electron chi connectivity index (χ4n) is 10.2. The number of rotatable bonds is 5. The number of halogens is 2. The van der Waals surface area contributed by atoms with E-state index in [4.69, 9.17) is 17.0 Å². The zero-order valence-corrected chi connectivity index (χ0v) is 32.8. The standard InChI is InChI=1S/C32H54Si2.2CH3.2ClH.Zr/c1-32(2,3)22-23-16-17-26(20-23)33(4,5)34(6,7)30-19-18-28-29(30)21-25-14-11-15-27(25)31(28)24-12-9-8-10-13-24;;;;;/h8-10,12-13,23,25-31H,11,14-22H2,1-7H3;2*1H3;2*1H;/q;2*-1;;;+4/p-2. The van der Waals surface area contributed by atoms with Crippen molar-refractivity contribution >= 4 is 32.2 Å². The molecule has 0 aromatic heterocycles. The Bertz CT molecular complexity index is 868. The Balaban J connectivity index is 0.00000102. The molecule has 0 amide bonds. The number of hydrogen-bond acceptors (Lipinski definition) is 0. The Labute approximate surface area is 265 Å². The molecule has 222 valence electrons. The second kappa shape index (κ2) is 14.7. The van der Waals surface area contributed by atoms with Crippen LogP contribution in [0.4, 0.5) is 0 Å². The Hall–Kier alpha value is 1.12. The second-order valence-electron chi connectivity index (χ2n) is 15.7.